The molecule has 0 fully saturated rings. The molecule has 0 spiro atoms. The van der Waals surface area contributed by atoms with Gasteiger partial charge in [-0.1, -0.05) is 6.92 Å². The van der Waals surface area contributed by atoms with Crippen molar-refractivity contribution in [2.75, 3.05) is 6.54 Å². The lowest BCUT2D eigenvalue weighted by molar-refractivity contribution is -0.00274. The van der Waals surface area contributed by atoms with Crippen LogP contribution in [-0.2, 0) is 6.54 Å². The first-order valence-electron chi connectivity index (χ1n) is 5.45. The van der Waals surface area contributed by atoms with Gasteiger partial charge in [-0.05, 0) is 18.6 Å². The van der Waals surface area contributed by atoms with Gasteiger partial charge in [0, 0.05) is 19.3 Å². The molecule has 2 N–H and O–H groups in total. The molecule has 1 heterocycles. The highest BCUT2D eigenvalue weighted by Crippen LogP contribution is 2.04. The second-order valence-electron chi connectivity index (χ2n) is 3.70. The maximum absolute atomic E-state index is 12.0. The van der Waals surface area contributed by atoms with E-state index in [0.29, 0.717) is 12.2 Å². The number of carbonyl (C=O) groups is 1. The van der Waals surface area contributed by atoms with E-state index in [1.54, 1.807) is 22.9 Å². The van der Waals surface area contributed by atoms with Crippen LogP contribution in [0.3, 0.4) is 0 Å². The highest BCUT2D eigenvalue weighted by molar-refractivity contribution is 5.92. The van der Waals surface area contributed by atoms with Crippen LogP contribution >= 0.6 is 0 Å². The Balaban J connectivity index is 2.55. The molecule has 0 saturated carbocycles. The lowest BCUT2D eigenvalue weighted by Crippen LogP contribution is -2.36. The summed E-state index contributed by atoms with van der Waals surface area (Å²) in [4.78, 5) is 11.6. The van der Waals surface area contributed by atoms with Crippen LogP contribution in [0.2, 0.25) is 0 Å². The number of rotatable bonds is 6. The first-order chi connectivity index (χ1) is 8.06. The van der Waals surface area contributed by atoms with Gasteiger partial charge in [-0.15, -0.1) is 0 Å². The van der Waals surface area contributed by atoms with Gasteiger partial charge in [-0.25, -0.2) is 8.78 Å². The van der Waals surface area contributed by atoms with Crippen LogP contribution in [0, 0.1) is 0 Å². The van der Waals surface area contributed by atoms with Crippen LogP contribution in [0.15, 0.2) is 18.3 Å². The summed E-state index contributed by atoms with van der Waals surface area (Å²) in [6, 6.07) is 3.33. The largest absolute Gasteiger partial charge is 0.385 e. The van der Waals surface area contributed by atoms with E-state index in [9.17, 15) is 13.6 Å². The first-order valence-corrected chi connectivity index (χ1v) is 5.45. The van der Waals surface area contributed by atoms with Gasteiger partial charge in [0.05, 0.1) is 0 Å². The summed E-state index contributed by atoms with van der Waals surface area (Å²) in [5.74, 6) is -0.455. The van der Waals surface area contributed by atoms with Crippen molar-refractivity contribution in [3.8, 4) is 0 Å². The van der Waals surface area contributed by atoms with Crippen molar-refractivity contribution in [3.63, 3.8) is 0 Å². The van der Waals surface area contributed by atoms with Crippen molar-refractivity contribution < 1.29 is 18.7 Å². The molecular weight excluding hydrogens is 230 g/mol. The Labute approximate surface area is 98.2 Å². The van der Waals surface area contributed by atoms with Crippen LogP contribution in [0.4, 0.5) is 8.78 Å². The number of aliphatic hydroxyl groups excluding tert-OH is 1. The lowest BCUT2D eigenvalue weighted by atomic mass is 10.3. The van der Waals surface area contributed by atoms with Crippen molar-refractivity contribution in [2.45, 2.75) is 32.4 Å². The highest BCUT2D eigenvalue weighted by Gasteiger charge is 2.18. The molecule has 1 aromatic heterocycles. The normalized spacial score (nSPS) is 12.8. The van der Waals surface area contributed by atoms with Gasteiger partial charge in [0.15, 0.2) is 0 Å². The summed E-state index contributed by atoms with van der Waals surface area (Å²) in [5.41, 5.74) is 0.410. The lowest BCUT2D eigenvalue weighted by Gasteiger charge is -2.12. The zero-order chi connectivity index (χ0) is 12.8. The second kappa shape index (κ2) is 6.34. The number of alkyl halides is 2. The minimum atomic E-state index is -2.85. The summed E-state index contributed by atoms with van der Waals surface area (Å²) in [5, 5.41) is 11.1. The Hall–Kier alpha value is -1.43. The van der Waals surface area contributed by atoms with Crippen LogP contribution in [0.1, 0.15) is 23.8 Å². The van der Waals surface area contributed by atoms with E-state index in [-0.39, 0.29) is 0 Å². The molecule has 0 radical (unpaired) electrons. The minimum absolute atomic E-state index is 0.410. The Morgan fingerprint density at radius 3 is 2.88 bits per heavy atom. The van der Waals surface area contributed by atoms with E-state index in [1.807, 2.05) is 6.92 Å². The fourth-order valence-electron chi connectivity index (χ4n) is 1.43. The topological polar surface area (TPSA) is 54.3 Å². The van der Waals surface area contributed by atoms with Gasteiger partial charge in [0.1, 0.15) is 11.8 Å². The van der Waals surface area contributed by atoms with Crippen molar-refractivity contribution in [3.05, 3.63) is 24.0 Å². The van der Waals surface area contributed by atoms with Crippen molar-refractivity contribution in [2.24, 2.45) is 0 Å². The van der Waals surface area contributed by atoms with Crippen molar-refractivity contribution in [1.29, 1.82) is 0 Å². The third-order valence-corrected chi connectivity index (χ3v) is 2.29. The van der Waals surface area contributed by atoms with Crippen LogP contribution in [-0.4, -0.2) is 34.7 Å². The SMILES string of the molecule is CCCn1cccc1C(=O)NCC(O)C(F)F. The van der Waals surface area contributed by atoms with E-state index in [2.05, 4.69) is 5.32 Å². The fourth-order valence-corrected chi connectivity index (χ4v) is 1.43. The van der Waals surface area contributed by atoms with Gasteiger partial charge < -0.3 is 15.0 Å². The number of aryl methyl sites for hydroxylation is 1. The number of nitrogens with zero attached hydrogens (tertiary/aromatic N) is 1. The Morgan fingerprint density at radius 1 is 1.59 bits per heavy atom. The molecule has 1 atom stereocenters. The van der Waals surface area contributed by atoms with Crippen LogP contribution in [0.5, 0.6) is 0 Å². The van der Waals surface area contributed by atoms with Crippen molar-refractivity contribution in [1.82, 2.24) is 9.88 Å². The van der Waals surface area contributed by atoms with Gasteiger partial charge in [-0.3, -0.25) is 4.79 Å². The molecule has 1 amide bonds. The summed E-state index contributed by atoms with van der Waals surface area (Å²) in [7, 11) is 0. The first kappa shape index (κ1) is 13.6. The smallest absolute Gasteiger partial charge is 0.267 e. The molecule has 0 saturated heterocycles. The predicted octanol–water partition coefficient (Wildman–Crippen LogP) is 1.25. The zero-order valence-electron chi connectivity index (χ0n) is 9.57. The Morgan fingerprint density at radius 2 is 2.29 bits per heavy atom. The Bertz CT molecular complexity index is 366. The molecule has 1 rings (SSSR count). The molecule has 0 aliphatic carbocycles. The minimum Gasteiger partial charge on any atom is -0.385 e. The predicted molar refractivity (Wildman–Crippen MR) is 59.1 cm³/mol. The van der Waals surface area contributed by atoms with Gasteiger partial charge in [0.2, 0.25) is 0 Å². The quantitative estimate of drug-likeness (QED) is 0.793. The number of hydrogen-bond acceptors (Lipinski definition) is 2. The third kappa shape index (κ3) is 3.81. The molecular formula is C11H16F2N2O2. The molecule has 96 valence electrons. The number of carbonyl (C=O) groups excluding carboxylic acids is 1. The highest BCUT2D eigenvalue weighted by atomic mass is 19.3. The van der Waals surface area contributed by atoms with Crippen molar-refractivity contribution >= 4 is 5.91 Å². The zero-order valence-corrected chi connectivity index (χ0v) is 9.57. The molecule has 0 bridgehead atoms. The third-order valence-electron chi connectivity index (χ3n) is 2.29. The molecule has 4 nitrogen and oxygen atoms in total. The number of nitrogens with one attached hydrogen (secondary N) is 1. The van der Waals surface area contributed by atoms with E-state index in [0.717, 1.165) is 6.42 Å². The van der Waals surface area contributed by atoms with E-state index in [4.69, 9.17) is 5.11 Å². The van der Waals surface area contributed by atoms with E-state index >= 15 is 0 Å². The number of aliphatic hydroxyl groups is 1. The molecule has 1 aromatic rings. The van der Waals surface area contributed by atoms with Crippen LogP contribution in [0.25, 0.3) is 0 Å². The van der Waals surface area contributed by atoms with Crippen LogP contribution < -0.4 is 5.32 Å². The second-order valence-corrected chi connectivity index (χ2v) is 3.70. The van der Waals surface area contributed by atoms with E-state index < -0.39 is 25.0 Å². The summed E-state index contributed by atoms with van der Waals surface area (Å²) >= 11 is 0. The van der Waals surface area contributed by atoms with Gasteiger partial charge >= 0.3 is 0 Å². The molecule has 6 heteroatoms. The standard InChI is InChI=1S/C11H16F2N2O2/c1-2-5-15-6-3-4-8(15)11(17)14-7-9(16)10(12)13/h3-4,6,9-10,16H,2,5,7H2,1H3,(H,14,17). The van der Waals surface area contributed by atoms with Gasteiger partial charge in [0.25, 0.3) is 12.3 Å². The maximum Gasteiger partial charge on any atom is 0.267 e. The van der Waals surface area contributed by atoms with E-state index in [1.165, 1.54) is 0 Å². The van der Waals surface area contributed by atoms with Gasteiger partial charge in [-0.2, -0.15) is 0 Å². The monoisotopic (exact) mass is 246 g/mol. The average molecular weight is 246 g/mol. The molecule has 17 heavy (non-hydrogen) atoms. The average Bonchev–Trinajstić information content (AvgIpc) is 2.74. The molecule has 1 unspecified atom stereocenters. The number of aromatic nitrogens is 1. The molecule has 0 aliphatic rings. The Kier molecular flexibility index (Phi) is 5.09. The number of hydrogen-bond donors (Lipinski definition) is 2. The summed E-state index contributed by atoms with van der Waals surface area (Å²) in [6.07, 6.45) is -2.05. The molecule has 0 aliphatic heterocycles. The maximum atomic E-state index is 12.0. The fraction of sp³-hybridized carbons (Fsp3) is 0.545. The number of halogens is 2. The molecule has 0 aromatic carbocycles. The summed E-state index contributed by atoms with van der Waals surface area (Å²) in [6.45, 7) is 2.21. The summed E-state index contributed by atoms with van der Waals surface area (Å²) < 4.78 is 25.8. The number of amides is 1.